The van der Waals surface area contributed by atoms with E-state index in [1.54, 1.807) is 50.8 Å². The summed E-state index contributed by atoms with van der Waals surface area (Å²) in [6.07, 6.45) is -0.593. The minimum atomic E-state index is -0.957. The number of carbonyl (C=O) groups is 2. The van der Waals surface area contributed by atoms with Gasteiger partial charge in [-0.15, -0.1) is 0 Å². The number of carbonyl (C=O) groups excluding carboxylic acids is 2. The van der Waals surface area contributed by atoms with Crippen molar-refractivity contribution >= 4 is 34.4 Å². The average molecular weight is 671 g/mol. The number of fused-ring (bicyclic) bond motifs is 5. The van der Waals surface area contributed by atoms with Crippen molar-refractivity contribution in [3.8, 4) is 28.8 Å². The Balaban J connectivity index is 1.68. The van der Waals surface area contributed by atoms with Gasteiger partial charge in [-0.2, -0.15) is 5.26 Å². The first-order valence-electron chi connectivity index (χ1n) is 15.9. The van der Waals surface area contributed by atoms with Crippen molar-refractivity contribution in [1.82, 2.24) is 14.5 Å². The van der Waals surface area contributed by atoms with Gasteiger partial charge in [0.05, 0.1) is 36.2 Å². The summed E-state index contributed by atoms with van der Waals surface area (Å²) >= 11 is 0. The predicted octanol–water partition coefficient (Wildman–Crippen LogP) is 6.10. The molecule has 0 radical (unpaired) electrons. The highest BCUT2D eigenvalue weighted by Crippen LogP contribution is 2.42. The minimum absolute atomic E-state index is 0.0253. The number of nitrogens with one attached hydrogen (secondary N) is 1. The summed E-state index contributed by atoms with van der Waals surface area (Å²) in [5.41, 5.74) is -1.15. The number of amides is 2. The third kappa shape index (κ3) is 5.60. The summed E-state index contributed by atoms with van der Waals surface area (Å²) in [6.45, 7) is 10.8. The number of anilines is 2. The molecule has 0 aliphatic carbocycles. The zero-order valence-corrected chi connectivity index (χ0v) is 28.2. The largest absolute Gasteiger partial charge is 0.496 e. The fourth-order valence-electron chi connectivity index (χ4n) is 6.56. The highest BCUT2D eigenvalue weighted by atomic mass is 19.1. The van der Waals surface area contributed by atoms with Crippen molar-refractivity contribution in [3.05, 3.63) is 75.6 Å². The second kappa shape index (κ2) is 12.2. The normalized spacial score (nSPS) is 17.4. The zero-order valence-electron chi connectivity index (χ0n) is 28.2. The second-order valence-electron chi connectivity index (χ2n) is 13.5. The molecule has 1 saturated heterocycles. The van der Waals surface area contributed by atoms with Gasteiger partial charge in [0.2, 0.25) is 5.91 Å². The Morgan fingerprint density at radius 2 is 1.80 bits per heavy atom. The molecule has 1 fully saturated rings. The summed E-state index contributed by atoms with van der Waals surface area (Å²) in [5, 5.41) is 13.1. The lowest BCUT2D eigenvalue weighted by Gasteiger charge is -2.48. The Labute approximate surface area is 281 Å². The molecule has 2 aromatic heterocycles. The smallest absolute Gasteiger partial charge is 0.410 e. The maximum Gasteiger partial charge on any atom is 0.410 e. The Bertz CT molecular complexity index is 2130. The number of aromatic nitrogens is 2. The van der Waals surface area contributed by atoms with Crippen LogP contribution in [0.4, 0.5) is 25.0 Å². The van der Waals surface area contributed by atoms with Crippen LogP contribution >= 0.6 is 0 Å². The molecule has 0 bridgehead atoms. The van der Waals surface area contributed by atoms with Crippen molar-refractivity contribution in [2.75, 3.05) is 30.4 Å². The summed E-state index contributed by atoms with van der Waals surface area (Å²) in [7, 11) is 1.32. The van der Waals surface area contributed by atoms with E-state index in [4.69, 9.17) is 9.47 Å². The van der Waals surface area contributed by atoms with E-state index in [2.05, 4.69) is 16.4 Å². The van der Waals surface area contributed by atoms with Crippen LogP contribution in [0.15, 0.2) is 47.3 Å². The first-order chi connectivity index (χ1) is 23.2. The SMILES string of the molecule is COc1cccc(F)c1-c1nc2c(cc1F)c1c(c(=O)n2-c2c(C#N)cccc2C(C)C)NC(=O)[C@H]2CN(C(=O)OC(C)(C)C)[C@H](C)CN12. The lowest BCUT2D eigenvalue weighted by atomic mass is 9.96. The van der Waals surface area contributed by atoms with Gasteiger partial charge in [0.15, 0.2) is 11.5 Å². The van der Waals surface area contributed by atoms with E-state index in [1.165, 1.54) is 28.7 Å². The second-order valence-corrected chi connectivity index (χ2v) is 13.5. The summed E-state index contributed by atoms with van der Waals surface area (Å²) < 4.78 is 43.9. The first kappa shape index (κ1) is 33.4. The molecule has 49 heavy (non-hydrogen) atoms. The topological polar surface area (TPSA) is 130 Å². The number of piperazine rings is 1. The summed E-state index contributed by atoms with van der Waals surface area (Å²) in [6, 6.07) is 10.9. The summed E-state index contributed by atoms with van der Waals surface area (Å²) in [5.74, 6) is -2.40. The molecule has 4 aromatic rings. The molecule has 0 spiro atoms. The molecular weight excluding hydrogens is 634 g/mol. The Morgan fingerprint density at radius 3 is 2.45 bits per heavy atom. The van der Waals surface area contributed by atoms with Crippen LogP contribution < -0.4 is 20.5 Å². The molecule has 11 nitrogen and oxygen atoms in total. The number of halogens is 2. The Hall–Kier alpha value is -5.51. The number of hydrogen-bond donors (Lipinski definition) is 1. The molecule has 2 atom stereocenters. The van der Waals surface area contributed by atoms with Crippen LogP contribution in [0.3, 0.4) is 0 Å². The third-order valence-corrected chi connectivity index (χ3v) is 8.75. The van der Waals surface area contributed by atoms with Crippen LogP contribution in [0.5, 0.6) is 5.75 Å². The van der Waals surface area contributed by atoms with Crippen LogP contribution in [0.2, 0.25) is 0 Å². The molecule has 6 rings (SSSR count). The number of para-hydroxylation sites is 1. The number of hydrogen-bond acceptors (Lipinski definition) is 8. The molecule has 254 valence electrons. The molecule has 1 N–H and O–H groups in total. The quantitative estimate of drug-likeness (QED) is 0.276. The van der Waals surface area contributed by atoms with Gasteiger partial charge in [-0.3, -0.25) is 14.2 Å². The standard InChI is InChI=1S/C36H36F2N6O5/c1-18(2)21-11-8-10-20(15-39)30(21)44-32-22(14-24(38)28(40-32)27-23(37)12-9-13-26(27)48-7)31-29(34(44)46)41-33(45)25-17-42(19(3)16-43(25)31)35(47)49-36(4,5)6/h8-14,18-19,25H,16-17H2,1-7H3,(H,41,45)/t19-,25-/m1/s1. The van der Waals surface area contributed by atoms with E-state index in [1.807, 2.05) is 13.8 Å². The van der Waals surface area contributed by atoms with Crippen molar-refractivity contribution in [3.63, 3.8) is 0 Å². The zero-order chi connectivity index (χ0) is 35.5. The number of rotatable bonds is 4. The molecule has 4 heterocycles. The molecule has 2 aliphatic heterocycles. The Kier molecular flexibility index (Phi) is 8.30. The van der Waals surface area contributed by atoms with E-state index in [0.29, 0.717) is 5.56 Å². The molecule has 2 aromatic carbocycles. The number of nitriles is 1. The monoisotopic (exact) mass is 670 g/mol. The number of nitrogens with zero attached hydrogens (tertiary/aromatic N) is 5. The highest BCUT2D eigenvalue weighted by molar-refractivity contribution is 6.11. The minimum Gasteiger partial charge on any atom is -0.496 e. The van der Waals surface area contributed by atoms with Crippen molar-refractivity contribution in [2.45, 2.75) is 65.1 Å². The summed E-state index contributed by atoms with van der Waals surface area (Å²) in [4.78, 5) is 49.3. The van der Waals surface area contributed by atoms with Gasteiger partial charge in [0.25, 0.3) is 5.56 Å². The van der Waals surface area contributed by atoms with E-state index in [-0.39, 0.29) is 64.0 Å². The molecule has 2 aliphatic rings. The van der Waals surface area contributed by atoms with Crippen LogP contribution in [0.1, 0.15) is 58.6 Å². The van der Waals surface area contributed by atoms with Crippen LogP contribution in [0.25, 0.3) is 28.0 Å². The van der Waals surface area contributed by atoms with Gasteiger partial charge in [0.1, 0.15) is 40.7 Å². The molecule has 0 unspecified atom stereocenters. The van der Waals surface area contributed by atoms with Crippen LogP contribution in [-0.2, 0) is 9.53 Å². The van der Waals surface area contributed by atoms with Crippen LogP contribution in [0, 0.1) is 23.0 Å². The molecule has 2 amide bonds. The van der Waals surface area contributed by atoms with Gasteiger partial charge in [-0.1, -0.05) is 32.0 Å². The van der Waals surface area contributed by atoms with Gasteiger partial charge < -0.3 is 24.6 Å². The fourth-order valence-corrected chi connectivity index (χ4v) is 6.56. The van der Waals surface area contributed by atoms with Gasteiger partial charge in [-0.25, -0.2) is 18.6 Å². The average Bonchev–Trinajstić information content (AvgIpc) is 3.03. The van der Waals surface area contributed by atoms with E-state index in [9.17, 15) is 19.6 Å². The number of pyridine rings is 2. The van der Waals surface area contributed by atoms with Crippen LogP contribution in [-0.4, -0.2) is 64.3 Å². The lowest BCUT2D eigenvalue weighted by molar-refractivity contribution is -0.118. The molecular formula is C36H36F2N6O5. The van der Waals surface area contributed by atoms with Gasteiger partial charge in [-0.05, 0) is 63.4 Å². The van der Waals surface area contributed by atoms with E-state index < -0.39 is 52.6 Å². The first-order valence-corrected chi connectivity index (χ1v) is 15.9. The maximum atomic E-state index is 16.4. The predicted molar refractivity (Wildman–Crippen MR) is 180 cm³/mol. The number of methoxy groups -OCH3 is 1. The van der Waals surface area contributed by atoms with E-state index in [0.717, 1.165) is 12.1 Å². The Morgan fingerprint density at radius 1 is 1.08 bits per heavy atom. The molecule has 0 saturated carbocycles. The van der Waals surface area contributed by atoms with Crippen molar-refractivity contribution in [1.29, 1.82) is 5.26 Å². The number of ether oxygens (including phenoxy) is 2. The van der Waals surface area contributed by atoms with E-state index >= 15 is 8.78 Å². The molecule has 13 heteroatoms. The highest BCUT2D eigenvalue weighted by Gasteiger charge is 2.45. The third-order valence-electron chi connectivity index (χ3n) is 8.75. The maximum absolute atomic E-state index is 16.4. The van der Waals surface area contributed by atoms with Crippen molar-refractivity contribution in [2.24, 2.45) is 0 Å². The lowest BCUT2D eigenvalue weighted by Crippen LogP contribution is -2.65. The van der Waals surface area contributed by atoms with Crippen molar-refractivity contribution < 1.29 is 27.8 Å². The van der Waals surface area contributed by atoms with Gasteiger partial charge >= 0.3 is 6.09 Å². The number of benzene rings is 2. The fraction of sp³-hybridized carbons (Fsp3) is 0.361. The van der Waals surface area contributed by atoms with Gasteiger partial charge in [0, 0.05) is 18.0 Å².